The number of aromatic nitrogens is 2. The number of rotatable bonds is 7. The van der Waals surface area contributed by atoms with Gasteiger partial charge in [0.25, 0.3) is 0 Å². The van der Waals surface area contributed by atoms with Crippen molar-refractivity contribution in [2.24, 2.45) is 5.73 Å². The number of carbonyl (C=O) groups excluding carboxylic acids is 1. The SMILES string of the molecule is CCCC(N)C(=O)NCCc1nc2ccccc2n1CC. The lowest BCUT2D eigenvalue weighted by molar-refractivity contribution is -0.122. The maximum absolute atomic E-state index is 11.8. The average Bonchev–Trinajstić information content (AvgIpc) is 2.84. The number of fused-ring (bicyclic) bond motifs is 1. The van der Waals surface area contributed by atoms with Crippen molar-refractivity contribution in [1.29, 1.82) is 0 Å². The molecule has 1 heterocycles. The molecule has 5 heteroatoms. The molecule has 2 aromatic rings. The van der Waals surface area contributed by atoms with Crippen LogP contribution >= 0.6 is 0 Å². The van der Waals surface area contributed by atoms with Crippen LogP contribution in [0.15, 0.2) is 24.3 Å². The van der Waals surface area contributed by atoms with E-state index in [2.05, 4.69) is 27.9 Å². The van der Waals surface area contributed by atoms with Crippen LogP contribution in [0.4, 0.5) is 0 Å². The third-order valence-electron chi connectivity index (χ3n) is 3.63. The van der Waals surface area contributed by atoms with E-state index in [1.54, 1.807) is 0 Å². The molecule has 1 aromatic heterocycles. The molecule has 21 heavy (non-hydrogen) atoms. The highest BCUT2D eigenvalue weighted by Crippen LogP contribution is 2.15. The van der Waals surface area contributed by atoms with Crippen molar-refractivity contribution in [2.45, 2.75) is 45.7 Å². The van der Waals surface area contributed by atoms with E-state index >= 15 is 0 Å². The first-order chi connectivity index (χ1) is 10.2. The molecule has 5 nitrogen and oxygen atoms in total. The highest BCUT2D eigenvalue weighted by atomic mass is 16.2. The normalized spacial score (nSPS) is 12.5. The smallest absolute Gasteiger partial charge is 0.236 e. The van der Waals surface area contributed by atoms with Crippen molar-refractivity contribution in [1.82, 2.24) is 14.9 Å². The first-order valence-corrected chi connectivity index (χ1v) is 7.64. The van der Waals surface area contributed by atoms with E-state index in [0.717, 1.165) is 36.2 Å². The number of benzene rings is 1. The number of amides is 1. The van der Waals surface area contributed by atoms with Crippen molar-refractivity contribution in [3.05, 3.63) is 30.1 Å². The molecule has 0 fully saturated rings. The van der Waals surface area contributed by atoms with Crippen LogP contribution < -0.4 is 11.1 Å². The van der Waals surface area contributed by atoms with E-state index < -0.39 is 6.04 Å². The summed E-state index contributed by atoms with van der Waals surface area (Å²) in [5.41, 5.74) is 7.94. The number of imidazole rings is 1. The highest BCUT2D eigenvalue weighted by molar-refractivity contribution is 5.81. The topological polar surface area (TPSA) is 72.9 Å². The fourth-order valence-electron chi connectivity index (χ4n) is 2.54. The second-order valence-corrected chi connectivity index (χ2v) is 5.20. The second-order valence-electron chi connectivity index (χ2n) is 5.20. The van der Waals surface area contributed by atoms with Crippen molar-refractivity contribution in [3.8, 4) is 0 Å². The van der Waals surface area contributed by atoms with Crippen molar-refractivity contribution in [3.63, 3.8) is 0 Å². The quantitative estimate of drug-likeness (QED) is 0.816. The Hall–Kier alpha value is -1.88. The Bertz CT molecular complexity index is 605. The lowest BCUT2D eigenvalue weighted by Crippen LogP contribution is -2.41. The molecule has 0 saturated carbocycles. The lowest BCUT2D eigenvalue weighted by Gasteiger charge is -2.11. The molecule has 1 amide bonds. The Morgan fingerprint density at radius 3 is 2.86 bits per heavy atom. The molecule has 0 aliphatic rings. The van der Waals surface area contributed by atoms with E-state index in [-0.39, 0.29) is 5.91 Å². The summed E-state index contributed by atoms with van der Waals surface area (Å²) < 4.78 is 2.19. The Kier molecular flexibility index (Phi) is 5.33. The number of para-hydroxylation sites is 2. The van der Waals surface area contributed by atoms with Crippen LogP contribution in [0.1, 0.15) is 32.5 Å². The molecule has 1 aromatic carbocycles. The van der Waals surface area contributed by atoms with Gasteiger partial charge in [0.15, 0.2) is 0 Å². The van der Waals surface area contributed by atoms with Gasteiger partial charge in [0.1, 0.15) is 5.82 Å². The van der Waals surface area contributed by atoms with Gasteiger partial charge in [-0.3, -0.25) is 4.79 Å². The summed E-state index contributed by atoms with van der Waals surface area (Å²) in [6.07, 6.45) is 2.35. The summed E-state index contributed by atoms with van der Waals surface area (Å²) in [6.45, 7) is 5.57. The molecule has 1 unspecified atom stereocenters. The predicted molar refractivity (Wildman–Crippen MR) is 85.0 cm³/mol. The summed E-state index contributed by atoms with van der Waals surface area (Å²) in [5, 5.41) is 2.89. The molecule has 3 N–H and O–H groups in total. The summed E-state index contributed by atoms with van der Waals surface area (Å²) in [7, 11) is 0. The molecule has 114 valence electrons. The van der Waals surface area contributed by atoms with Gasteiger partial charge in [0.05, 0.1) is 17.1 Å². The number of aryl methyl sites for hydroxylation is 1. The van der Waals surface area contributed by atoms with Crippen LogP contribution in [-0.4, -0.2) is 28.0 Å². The van der Waals surface area contributed by atoms with Crippen LogP contribution in [-0.2, 0) is 17.8 Å². The Labute approximate surface area is 125 Å². The molecule has 0 bridgehead atoms. The number of carbonyl (C=O) groups is 1. The van der Waals surface area contributed by atoms with Gasteiger partial charge in [-0.25, -0.2) is 4.98 Å². The van der Waals surface area contributed by atoms with Crippen molar-refractivity contribution in [2.75, 3.05) is 6.54 Å². The Morgan fingerprint density at radius 1 is 1.38 bits per heavy atom. The van der Waals surface area contributed by atoms with Gasteiger partial charge in [-0.05, 0) is 25.5 Å². The largest absolute Gasteiger partial charge is 0.354 e. The van der Waals surface area contributed by atoms with Crippen molar-refractivity contribution < 1.29 is 4.79 Å². The van der Waals surface area contributed by atoms with Gasteiger partial charge < -0.3 is 15.6 Å². The molecular weight excluding hydrogens is 264 g/mol. The molecule has 1 atom stereocenters. The Morgan fingerprint density at radius 2 is 2.14 bits per heavy atom. The molecule has 0 saturated heterocycles. The highest BCUT2D eigenvalue weighted by Gasteiger charge is 2.13. The molecule has 0 aliphatic heterocycles. The minimum Gasteiger partial charge on any atom is -0.354 e. The minimum atomic E-state index is -0.403. The number of hydrogen-bond donors (Lipinski definition) is 2. The predicted octanol–water partition coefficient (Wildman–Crippen LogP) is 1.84. The first-order valence-electron chi connectivity index (χ1n) is 7.64. The van der Waals surface area contributed by atoms with Gasteiger partial charge in [-0.2, -0.15) is 0 Å². The summed E-state index contributed by atoms with van der Waals surface area (Å²) >= 11 is 0. The summed E-state index contributed by atoms with van der Waals surface area (Å²) in [4.78, 5) is 16.4. The van der Waals surface area contributed by atoms with Gasteiger partial charge in [0, 0.05) is 19.5 Å². The van der Waals surface area contributed by atoms with Crippen LogP contribution in [0.2, 0.25) is 0 Å². The molecular formula is C16H24N4O. The number of nitrogens with two attached hydrogens (primary N) is 1. The van der Waals surface area contributed by atoms with E-state index in [0.29, 0.717) is 13.0 Å². The molecule has 0 spiro atoms. The van der Waals surface area contributed by atoms with Gasteiger partial charge in [-0.1, -0.05) is 25.5 Å². The minimum absolute atomic E-state index is 0.0731. The van der Waals surface area contributed by atoms with E-state index in [1.807, 2.05) is 25.1 Å². The van der Waals surface area contributed by atoms with E-state index in [4.69, 9.17) is 5.73 Å². The number of nitrogens with zero attached hydrogens (tertiary/aromatic N) is 2. The zero-order valence-electron chi connectivity index (χ0n) is 12.8. The first kappa shape index (κ1) is 15.5. The van der Waals surface area contributed by atoms with Crippen LogP contribution in [0.5, 0.6) is 0 Å². The number of nitrogens with one attached hydrogen (secondary N) is 1. The maximum atomic E-state index is 11.8. The molecule has 0 aliphatic carbocycles. The van der Waals surface area contributed by atoms with E-state index in [1.165, 1.54) is 0 Å². The van der Waals surface area contributed by atoms with Crippen LogP contribution in [0, 0.1) is 0 Å². The van der Waals surface area contributed by atoms with E-state index in [9.17, 15) is 4.79 Å². The number of hydrogen-bond acceptors (Lipinski definition) is 3. The van der Waals surface area contributed by atoms with Crippen LogP contribution in [0.25, 0.3) is 11.0 Å². The zero-order chi connectivity index (χ0) is 15.2. The lowest BCUT2D eigenvalue weighted by atomic mass is 10.1. The monoisotopic (exact) mass is 288 g/mol. The fraction of sp³-hybridized carbons (Fsp3) is 0.500. The zero-order valence-corrected chi connectivity index (χ0v) is 12.8. The van der Waals surface area contributed by atoms with Gasteiger partial charge >= 0.3 is 0 Å². The standard InChI is InChI=1S/C16H24N4O/c1-3-7-12(17)16(21)18-11-10-15-19-13-8-5-6-9-14(13)20(15)4-2/h5-6,8-9,12H,3-4,7,10-11,17H2,1-2H3,(H,18,21). The maximum Gasteiger partial charge on any atom is 0.236 e. The summed E-state index contributed by atoms with van der Waals surface area (Å²) in [5.74, 6) is 0.930. The van der Waals surface area contributed by atoms with Gasteiger partial charge in [-0.15, -0.1) is 0 Å². The van der Waals surface area contributed by atoms with Crippen LogP contribution in [0.3, 0.4) is 0 Å². The fourth-order valence-corrected chi connectivity index (χ4v) is 2.54. The molecule has 0 radical (unpaired) electrons. The molecule has 2 rings (SSSR count). The summed E-state index contributed by atoms with van der Waals surface area (Å²) in [6, 6.07) is 7.70. The third kappa shape index (κ3) is 3.61. The third-order valence-corrected chi connectivity index (χ3v) is 3.63. The van der Waals surface area contributed by atoms with Crippen molar-refractivity contribution >= 4 is 16.9 Å². The Balaban J connectivity index is 1.99. The average molecular weight is 288 g/mol. The second kappa shape index (κ2) is 7.22. The van der Waals surface area contributed by atoms with Gasteiger partial charge in [0.2, 0.25) is 5.91 Å².